The first-order chi connectivity index (χ1) is 13.8. The molecule has 29 heavy (non-hydrogen) atoms. The zero-order valence-corrected chi connectivity index (χ0v) is 17.5. The summed E-state index contributed by atoms with van der Waals surface area (Å²) < 4.78 is 52.4. The Morgan fingerprint density at radius 3 is 2.00 bits per heavy atom. The Kier molecular flexibility index (Phi) is 6.27. The molecule has 0 N–H and O–H groups in total. The van der Waals surface area contributed by atoms with Gasteiger partial charge in [-0.25, -0.2) is 4.39 Å². The van der Waals surface area contributed by atoms with E-state index in [1.165, 1.54) is 51.0 Å². The van der Waals surface area contributed by atoms with Gasteiger partial charge in [0.15, 0.2) is 0 Å². The lowest BCUT2D eigenvalue weighted by Crippen LogP contribution is -2.34. The lowest BCUT2D eigenvalue weighted by Gasteiger charge is -2.45. The maximum atomic E-state index is 14.0. The van der Waals surface area contributed by atoms with E-state index >= 15 is 0 Å². The predicted molar refractivity (Wildman–Crippen MR) is 108 cm³/mol. The van der Waals surface area contributed by atoms with Crippen molar-refractivity contribution in [2.45, 2.75) is 89.6 Å². The summed E-state index contributed by atoms with van der Waals surface area (Å²) >= 11 is 0. The summed E-state index contributed by atoms with van der Waals surface area (Å²) in [5, 5.41) is 0. The van der Waals surface area contributed by atoms with Crippen LogP contribution in [0.4, 0.5) is 17.6 Å². The van der Waals surface area contributed by atoms with E-state index in [0.29, 0.717) is 0 Å². The van der Waals surface area contributed by atoms with Gasteiger partial charge in [-0.05, 0) is 111 Å². The number of fused-ring (bicyclic) bond motifs is 1. The van der Waals surface area contributed by atoms with Crippen LogP contribution in [-0.2, 0) is 6.18 Å². The molecule has 1 aromatic rings. The molecule has 4 unspecified atom stereocenters. The zero-order chi connectivity index (χ0) is 20.6. The monoisotopic (exact) mass is 410 g/mol. The Labute approximate surface area is 172 Å². The van der Waals surface area contributed by atoms with Gasteiger partial charge in [-0.1, -0.05) is 25.8 Å². The van der Waals surface area contributed by atoms with E-state index in [4.69, 9.17) is 0 Å². The fourth-order valence-corrected chi connectivity index (χ4v) is 6.76. The van der Waals surface area contributed by atoms with Gasteiger partial charge in [-0.3, -0.25) is 0 Å². The summed E-state index contributed by atoms with van der Waals surface area (Å²) in [7, 11) is 0. The molecule has 4 heteroatoms. The highest BCUT2D eigenvalue weighted by Crippen LogP contribution is 2.50. The molecule has 0 aliphatic heterocycles. The molecule has 0 bridgehead atoms. The summed E-state index contributed by atoms with van der Waals surface area (Å²) in [6.45, 7) is 2.33. The van der Waals surface area contributed by atoms with Gasteiger partial charge in [0.05, 0.1) is 5.56 Å². The Bertz CT molecular complexity index is 687. The van der Waals surface area contributed by atoms with Crippen LogP contribution >= 0.6 is 0 Å². The first-order valence-corrected chi connectivity index (χ1v) is 11.7. The minimum atomic E-state index is -4.62. The Balaban J connectivity index is 1.32. The highest BCUT2D eigenvalue weighted by atomic mass is 19.4. The zero-order valence-electron chi connectivity index (χ0n) is 17.5. The normalized spacial score (nSPS) is 35.9. The number of hydrogen-bond acceptors (Lipinski definition) is 0. The first kappa shape index (κ1) is 21.2. The quantitative estimate of drug-likeness (QED) is 0.439. The van der Waals surface area contributed by atoms with Gasteiger partial charge in [-0.2, -0.15) is 13.2 Å². The molecule has 0 amide bonds. The predicted octanol–water partition coefficient (Wildman–Crippen LogP) is 8.36. The lowest BCUT2D eigenvalue weighted by molar-refractivity contribution is -0.140. The minimum absolute atomic E-state index is 0.208. The molecule has 0 radical (unpaired) electrons. The van der Waals surface area contributed by atoms with Gasteiger partial charge in [0.2, 0.25) is 0 Å². The smallest absolute Gasteiger partial charge is 0.206 e. The Morgan fingerprint density at radius 1 is 0.793 bits per heavy atom. The van der Waals surface area contributed by atoms with Crippen molar-refractivity contribution in [1.82, 2.24) is 0 Å². The molecule has 0 aromatic heterocycles. The van der Waals surface area contributed by atoms with Gasteiger partial charge in [0.25, 0.3) is 0 Å². The maximum Gasteiger partial charge on any atom is 0.419 e. The molecule has 3 saturated carbocycles. The summed E-state index contributed by atoms with van der Waals surface area (Å²) in [6, 6.07) is 3.55. The van der Waals surface area contributed by atoms with E-state index in [1.807, 2.05) is 0 Å². The molecule has 4 rings (SSSR count). The van der Waals surface area contributed by atoms with Crippen LogP contribution in [0, 0.1) is 35.4 Å². The third-order valence-corrected chi connectivity index (χ3v) is 8.55. The highest BCUT2D eigenvalue weighted by Gasteiger charge is 2.39. The summed E-state index contributed by atoms with van der Waals surface area (Å²) in [5.74, 6) is 3.51. The number of benzene rings is 1. The van der Waals surface area contributed by atoms with Crippen molar-refractivity contribution in [2.24, 2.45) is 29.6 Å². The summed E-state index contributed by atoms with van der Waals surface area (Å²) in [5.41, 5.74) is -0.403. The van der Waals surface area contributed by atoms with E-state index in [9.17, 15) is 17.6 Å². The Morgan fingerprint density at radius 2 is 1.38 bits per heavy atom. The third kappa shape index (κ3) is 4.66. The van der Waals surface area contributed by atoms with E-state index < -0.39 is 17.6 Å². The average Bonchev–Trinajstić information content (AvgIpc) is 2.72. The largest absolute Gasteiger partial charge is 0.419 e. The maximum absolute atomic E-state index is 14.0. The van der Waals surface area contributed by atoms with Crippen LogP contribution in [0.15, 0.2) is 18.2 Å². The van der Waals surface area contributed by atoms with Crippen LogP contribution < -0.4 is 0 Å². The van der Waals surface area contributed by atoms with Crippen LogP contribution in [0.1, 0.15) is 94.6 Å². The van der Waals surface area contributed by atoms with Crippen molar-refractivity contribution in [2.75, 3.05) is 0 Å². The Hall–Kier alpha value is -1.06. The van der Waals surface area contributed by atoms with Gasteiger partial charge in [0.1, 0.15) is 5.82 Å². The van der Waals surface area contributed by atoms with Crippen molar-refractivity contribution in [3.8, 4) is 0 Å². The molecule has 0 nitrogen and oxygen atoms in total. The van der Waals surface area contributed by atoms with Crippen LogP contribution in [0.3, 0.4) is 0 Å². The first-order valence-electron chi connectivity index (χ1n) is 11.7. The van der Waals surface area contributed by atoms with Crippen LogP contribution in [-0.4, -0.2) is 0 Å². The van der Waals surface area contributed by atoms with Gasteiger partial charge in [0, 0.05) is 0 Å². The van der Waals surface area contributed by atoms with Crippen LogP contribution in [0.5, 0.6) is 0 Å². The molecular weight excluding hydrogens is 376 g/mol. The second kappa shape index (κ2) is 8.59. The molecule has 3 aliphatic rings. The average molecular weight is 411 g/mol. The standard InChI is InChI=1S/C25H34F4/c1-2-16-3-4-21-14-20(10-9-19(21)13-16)17-5-7-18(8-6-17)22-11-12-23(24(26)15-22)25(27,28)29/h11-12,15-21H,2-10,13-14H2,1H3. The molecule has 3 fully saturated rings. The number of rotatable bonds is 3. The minimum Gasteiger partial charge on any atom is -0.206 e. The SMILES string of the molecule is CCC1CCC2CC(C3CCC(c4ccc(C(F)(F)F)c(F)c4)CC3)CCC2C1. The summed E-state index contributed by atoms with van der Waals surface area (Å²) in [6.07, 6.45) is 9.41. The number of hydrogen-bond donors (Lipinski definition) is 0. The molecular formula is C25H34F4. The fraction of sp³-hybridized carbons (Fsp3) is 0.760. The fourth-order valence-electron chi connectivity index (χ4n) is 6.76. The van der Waals surface area contributed by atoms with Gasteiger partial charge >= 0.3 is 6.18 Å². The summed E-state index contributed by atoms with van der Waals surface area (Å²) in [4.78, 5) is 0. The van der Waals surface area contributed by atoms with E-state index in [1.54, 1.807) is 0 Å². The van der Waals surface area contributed by atoms with E-state index in [0.717, 1.165) is 73.0 Å². The van der Waals surface area contributed by atoms with Crippen molar-refractivity contribution in [3.05, 3.63) is 35.1 Å². The van der Waals surface area contributed by atoms with E-state index in [-0.39, 0.29) is 5.92 Å². The molecule has 1 aromatic carbocycles. The topological polar surface area (TPSA) is 0 Å². The number of alkyl halides is 3. The number of halogens is 4. The lowest BCUT2D eigenvalue weighted by atomic mass is 9.60. The van der Waals surface area contributed by atoms with Gasteiger partial charge in [-0.15, -0.1) is 0 Å². The van der Waals surface area contributed by atoms with Crippen LogP contribution in [0.2, 0.25) is 0 Å². The van der Waals surface area contributed by atoms with Gasteiger partial charge < -0.3 is 0 Å². The molecule has 4 atom stereocenters. The molecule has 0 saturated heterocycles. The van der Waals surface area contributed by atoms with Crippen LogP contribution in [0.25, 0.3) is 0 Å². The molecule has 0 heterocycles. The molecule has 0 spiro atoms. The second-order valence-corrected chi connectivity index (χ2v) is 10.0. The van der Waals surface area contributed by atoms with Crippen molar-refractivity contribution >= 4 is 0 Å². The second-order valence-electron chi connectivity index (χ2n) is 10.0. The highest BCUT2D eigenvalue weighted by molar-refractivity contribution is 5.29. The third-order valence-electron chi connectivity index (χ3n) is 8.55. The van der Waals surface area contributed by atoms with Crippen molar-refractivity contribution < 1.29 is 17.6 Å². The van der Waals surface area contributed by atoms with E-state index in [2.05, 4.69) is 6.92 Å². The van der Waals surface area contributed by atoms with Crippen molar-refractivity contribution in [3.63, 3.8) is 0 Å². The molecule has 3 aliphatic carbocycles. The molecule has 162 valence electrons. The van der Waals surface area contributed by atoms with Crippen molar-refractivity contribution in [1.29, 1.82) is 0 Å².